The lowest BCUT2D eigenvalue weighted by Gasteiger charge is -2.28. The third kappa shape index (κ3) is 3.25. The Morgan fingerprint density at radius 2 is 2.15 bits per heavy atom. The molecule has 108 valence electrons. The number of quaternary nitrogens is 1. The first-order valence-electron chi connectivity index (χ1n) is 6.21. The maximum atomic E-state index is 12.0. The predicted molar refractivity (Wildman–Crippen MR) is 73.1 cm³/mol. The summed E-state index contributed by atoms with van der Waals surface area (Å²) in [7, 11) is 1.79. The normalized spacial score (nSPS) is 18.9. The van der Waals surface area contributed by atoms with Crippen molar-refractivity contribution in [2.24, 2.45) is 7.05 Å². The van der Waals surface area contributed by atoms with Gasteiger partial charge in [-0.25, -0.2) is 4.79 Å². The van der Waals surface area contributed by atoms with Gasteiger partial charge in [0.2, 0.25) is 5.70 Å². The summed E-state index contributed by atoms with van der Waals surface area (Å²) in [4.78, 5) is 13.7. The summed E-state index contributed by atoms with van der Waals surface area (Å²) in [5, 5.41) is 15.5. The highest BCUT2D eigenvalue weighted by atomic mass is 16.6. The summed E-state index contributed by atoms with van der Waals surface area (Å²) in [6.45, 7) is 5.27. The van der Waals surface area contributed by atoms with Crippen LogP contribution >= 0.6 is 0 Å². The van der Waals surface area contributed by atoms with Crippen LogP contribution in [0.2, 0.25) is 0 Å². The summed E-state index contributed by atoms with van der Waals surface area (Å²) in [6, 6.07) is 0. The Labute approximate surface area is 117 Å². The van der Waals surface area contributed by atoms with E-state index in [1.54, 1.807) is 56.0 Å². The first-order valence-corrected chi connectivity index (χ1v) is 6.21. The van der Waals surface area contributed by atoms with Crippen molar-refractivity contribution in [1.82, 2.24) is 9.78 Å². The lowest BCUT2D eigenvalue weighted by atomic mass is 10.2. The highest BCUT2D eigenvalue weighted by Gasteiger charge is 2.27. The molecule has 0 saturated carbocycles. The summed E-state index contributed by atoms with van der Waals surface area (Å²) >= 11 is 0. The number of aromatic nitrogens is 2. The number of ether oxygens (including phenoxy) is 1. The van der Waals surface area contributed by atoms with Crippen molar-refractivity contribution < 1.29 is 14.6 Å². The molecule has 0 spiro atoms. The molecule has 0 radical (unpaired) electrons. The zero-order chi connectivity index (χ0) is 14.9. The SMILES string of the molecule is Cn1cc(N2C=C[NH+]([O-])C(C(=O)OC(C)(C)C)=C2)cn1. The van der Waals surface area contributed by atoms with Crippen molar-refractivity contribution in [3.8, 4) is 0 Å². The molecule has 0 saturated heterocycles. The summed E-state index contributed by atoms with van der Waals surface area (Å²) < 4.78 is 6.87. The smallest absolute Gasteiger partial charge is 0.395 e. The molecule has 0 aromatic carbocycles. The maximum absolute atomic E-state index is 12.0. The second-order valence-electron chi connectivity index (χ2n) is 5.50. The Bertz CT molecular complexity index is 568. The van der Waals surface area contributed by atoms with Gasteiger partial charge in [0.05, 0.1) is 24.3 Å². The van der Waals surface area contributed by atoms with E-state index in [1.165, 1.54) is 12.4 Å². The van der Waals surface area contributed by atoms with Crippen LogP contribution in [-0.4, -0.2) is 21.4 Å². The number of nitrogens with one attached hydrogen (secondary N) is 1. The number of hydrogen-bond donors (Lipinski definition) is 1. The average molecular weight is 278 g/mol. The minimum absolute atomic E-state index is 0.00581. The van der Waals surface area contributed by atoms with Gasteiger partial charge in [0.15, 0.2) is 0 Å². The Balaban J connectivity index is 2.22. The zero-order valence-electron chi connectivity index (χ0n) is 12.0. The second-order valence-corrected chi connectivity index (χ2v) is 5.50. The summed E-state index contributed by atoms with van der Waals surface area (Å²) in [5.74, 6) is -0.624. The van der Waals surface area contributed by atoms with Gasteiger partial charge in [-0.05, 0) is 20.8 Å². The summed E-state index contributed by atoms with van der Waals surface area (Å²) in [5.41, 5.74) is 0.127. The Morgan fingerprint density at radius 1 is 1.45 bits per heavy atom. The van der Waals surface area contributed by atoms with E-state index in [0.29, 0.717) is 0 Å². The van der Waals surface area contributed by atoms with Crippen LogP contribution in [0.1, 0.15) is 20.8 Å². The van der Waals surface area contributed by atoms with Gasteiger partial charge >= 0.3 is 5.97 Å². The number of aryl methyl sites for hydroxylation is 1. The van der Waals surface area contributed by atoms with Crippen LogP contribution in [0.25, 0.3) is 0 Å². The van der Waals surface area contributed by atoms with Crippen molar-refractivity contribution in [2.75, 3.05) is 4.90 Å². The lowest BCUT2D eigenvalue weighted by Crippen LogP contribution is -3.02. The molecule has 20 heavy (non-hydrogen) atoms. The average Bonchev–Trinajstić information content (AvgIpc) is 2.74. The number of rotatable bonds is 2. The first kappa shape index (κ1) is 14.3. The van der Waals surface area contributed by atoms with Crippen LogP contribution in [0.3, 0.4) is 0 Å². The molecule has 1 aromatic heterocycles. The Kier molecular flexibility index (Phi) is 3.65. The number of hydrogen-bond acceptors (Lipinski definition) is 5. The molecule has 0 fully saturated rings. The maximum Gasteiger partial charge on any atom is 0.395 e. The van der Waals surface area contributed by atoms with Crippen molar-refractivity contribution in [2.45, 2.75) is 26.4 Å². The fourth-order valence-electron chi connectivity index (χ4n) is 1.67. The van der Waals surface area contributed by atoms with Crippen LogP contribution in [0.4, 0.5) is 5.69 Å². The van der Waals surface area contributed by atoms with Gasteiger partial charge in [0, 0.05) is 13.2 Å². The van der Waals surface area contributed by atoms with E-state index in [0.717, 1.165) is 5.69 Å². The van der Waals surface area contributed by atoms with Crippen molar-refractivity contribution in [1.29, 1.82) is 0 Å². The molecule has 1 unspecified atom stereocenters. The highest BCUT2D eigenvalue weighted by Crippen LogP contribution is 2.16. The molecule has 1 atom stereocenters. The molecular formula is C13H18N4O3. The minimum atomic E-state index is -0.640. The van der Waals surface area contributed by atoms with Crippen LogP contribution in [-0.2, 0) is 16.6 Å². The number of anilines is 1. The van der Waals surface area contributed by atoms with E-state index in [-0.39, 0.29) is 10.8 Å². The Hall–Kier alpha value is -2.12. The van der Waals surface area contributed by atoms with Crippen LogP contribution < -0.4 is 9.96 Å². The van der Waals surface area contributed by atoms with E-state index in [4.69, 9.17) is 4.74 Å². The van der Waals surface area contributed by atoms with Gasteiger partial charge in [0.25, 0.3) is 0 Å². The number of esters is 1. The van der Waals surface area contributed by atoms with Crippen LogP contribution in [0, 0.1) is 5.21 Å². The minimum Gasteiger partial charge on any atom is -0.624 e. The standard InChI is InChI=1S/C13H18N4O3/c1-13(2,3)20-12(18)11-9-16(5-6-17(11)19)10-7-14-15(4)8-10/h5-9,17H,1-4H3. The predicted octanol–water partition coefficient (Wildman–Crippen LogP) is 0.277. The third-order valence-corrected chi connectivity index (χ3v) is 2.53. The fraction of sp³-hybridized carbons (Fsp3) is 0.385. The van der Waals surface area contributed by atoms with Gasteiger partial charge in [-0.1, -0.05) is 0 Å². The van der Waals surface area contributed by atoms with Gasteiger partial charge in [-0.15, -0.1) is 0 Å². The number of carbonyl (C=O) groups is 1. The molecular weight excluding hydrogens is 260 g/mol. The highest BCUT2D eigenvalue weighted by molar-refractivity contribution is 5.87. The van der Waals surface area contributed by atoms with Gasteiger partial charge in [-0.2, -0.15) is 5.10 Å². The number of hydroxylamine groups is 2. The van der Waals surface area contributed by atoms with Crippen molar-refractivity contribution in [3.05, 3.63) is 41.9 Å². The molecule has 1 aromatic rings. The first-order chi connectivity index (χ1) is 9.26. The third-order valence-electron chi connectivity index (χ3n) is 2.53. The number of nitrogens with zero attached hydrogens (tertiary/aromatic N) is 3. The van der Waals surface area contributed by atoms with Gasteiger partial charge in [-0.3, -0.25) is 4.68 Å². The molecule has 7 heteroatoms. The quantitative estimate of drug-likeness (QED) is 0.621. The molecule has 1 aliphatic heterocycles. The van der Waals surface area contributed by atoms with E-state index >= 15 is 0 Å². The van der Waals surface area contributed by atoms with E-state index in [9.17, 15) is 10.0 Å². The van der Waals surface area contributed by atoms with Crippen LogP contribution in [0.15, 0.2) is 36.7 Å². The Morgan fingerprint density at radius 3 is 2.70 bits per heavy atom. The second kappa shape index (κ2) is 5.10. The molecule has 0 bridgehead atoms. The monoisotopic (exact) mass is 278 g/mol. The van der Waals surface area contributed by atoms with Crippen LogP contribution in [0.5, 0.6) is 0 Å². The molecule has 7 nitrogen and oxygen atoms in total. The fourth-order valence-corrected chi connectivity index (χ4v) is 1.67. The largest absolute Gasteiger partial charge is 0.624 e. The lowest BCUT2D eigenvalue weighted by molar-refractivity contribution is -0.743. The molecule has 0 amide bonds. The summed E-state index contributed by atoms with van der Waals surface area (Å²) in [6.07, 6.45) is 7.82. The van der Waals surface area contributed by atoms with Gasteiger partial charge < -0.3 is 19.9 Å². The van der Waals surface area contributed by atoms with E-state index < -0.39 is 11.6 Å². The van der Waals surface area contributed by atoms with Crippen molar-refractivity contribution >= 4 is 11.7 Å². The molecule has 0 aliphatic carbocycles. The van der Waals surface area contributed by atoms with Crippen molar-refractivity contribution in [3.63, 3.8) is 0 Å². The molecule has 1 N–H and O–H groups in total. The molecule has 2 heterocycles. The molecule has 2 rings (SSSR count). The zero-order valence-corrected chi connectivity index (χ0v) is 12.0. The molecule has 1 aliphatic rings. The van der Waals surface area contributed by atoms with Gasteiger partial charge in [0.1, 0.15) is 11.8 Å². The van der Waals surface area contributed by atoms with E-state index in [1.807, 2.05) is 0 Å². The number of carbonyl (C=O) groups excluding carboxylic acids is 1. The topological polar surface area (TPSA) is 74.9 Å². The van der Waals surface area contributed by atoms with E-state index in [2.05, 4.69) is 5.10 Å².